The van der Waals surface area contributed by atoms with Gasteiger partial charge < -0.3 is 0 Å². The molecule has 0 saturated carbocycles. The van der Waals surface area contributed by atoms with Crippen molar-refractivity contribution in [1.82, 2.24) is 4.98 Å². The van der Waals surface area contributed by atoms with E-state index >= 15 is 0 Å². The number of halogens is 1. The van der Waals surface area contributed by atoms with Crippen molar-refractivity contribution in [3.8, 4) is 6.07 Å². The number of hydrogen-bond donors (Lipinski definition) is 0. The number of nitriles is 1. The van der Waals surface area contributed by atoms with Crippen molar-refractivity contribution in [2.24, 2.45) is 0 Å². The molecule has 0 atom stereocenters. The van der Waals surface area contributed by atoms with Gasteiger partial charge in [-0.25, -0.2) is 4.39 Å². The standard InChI is InChI=1S/C9H9FN2/c1-6(2)9-8(10)3-7(4-11)5-12-9/h3,5-6H,1-2H3. The van der Waals surface area contributed by atoms with Crippen molar-refractivity contribution in [3.63, 3.8) is 0 Å². The van der Waals surface area contributed by atoms with E-state index in [1.54, 1.807) is 0 Å². The fraction of sp³-hybridized carbons (Fsp3) is 0.333. The first kappa shape index (κ1) is 8.66. The summed E-state index contributed by atoms with van der Waals surface area (Å²) in [5, 5.41) is 8.43. The summed E-state index contributed by atoms with van der Waals surface area (Å²) in [6, 6.07) is 3.04. The summed E-state index contributed by atoms with van der Waals surface area (Å²) in [7, 11) is 0. The lowest BCUT2D eigenvalue weighted by Crippen LogP contribution is -1.97. The Balaban J connectivity index is 3.14. The normalized spacial score (nSPS) is 9.92. The van der Waals surface area contributed by atoms with E-state index in [1.165, 1.54) is 12.3 Å². The van der Waals surface area contributed by atoms with Crippen LogP contribution in [0, 0.1) is 17.1 Å². The Bertz CT molecular complexity index is 326. The molecule has 0 N–H and O–H groups in total. The van der Waals surface area contributed by atoms with Gasteiger partial charge in [0, 0.05) is 6.20 Å². The van der Waals surface area contributed by atoms with Crippen LogP contribution in [0.1, 0.15) is 31.0 Å². The van der Waals surface area contributed by atoms with Gasteiger partial charge in [0.25, 0.3) is 0 Å². The molecule has 2 nitrogen and oxygen atoms in total. The molecule has 0 unspecified atom stereocenters. The number of aromatic nitrogens is 1. The fourth-order valence-corrected chi connectivity index (χ4v) is 0.934. The summed E-state index contributed by atoms with van der Waals surface area (Å²) >= 11 is 0. The second-order valence-electron chi connectivity index (χ2n) is 2.86. The highest BCUT2D eigenvalue weighted by molar-refractivity contribution is 5.28. The van der Waals surface area contributed by atoms with Crippen LogP contribution < -0.4 is 0 Å². The molecular weight excluding hydrogens is 155 g/mol. The smallest absolute Gasteiger partial charge is 0.146 e. The first-order valence-corrected chi connectivity index (χ1v) is 3.70. The molecule has 3 heteroatoms. The Kier molecular flexibility index (Phi) is 2.39. The van der Waals surface area contributed by atoms with Gasteiger partial charge in [0.2, 0.25) is 0 Å². The molecule has 0 aliphatic carbocycles. The second-order valence-corrected chi connectivity index (χ2v) is 2.86. The number of pyridine rings is 1. The van der Waals surface area contributed by atoms with E-state index in [0.29, 0.717) is 5.69 Å². The third-order valence-electron chi connectivity index (χ3n) is 1.55. The molecule has 1 heterocycles. The van der Waals surface area contributed by atoms with E-state index in [4.69, 9.17) is 5.26 Å². The van der Waals surface area contributed by atoms with Crippen LogP contribution in [0.4, 0.5) is 4.39 Å². The molecule has 0 aromatic carbocycles. The number of nitrogens with zero attached hydrogens (tertiary/aromatic N) is 2. The molecule has 12 heavy (non-hydrogen) atoms. The predicted octanol–water partition coefficient (Wildman–Crippen LogP) is 2.22. The summed E-state index contributed by atoms with van der Waals surface area (Å²) in [4.78, 5) is 3.85. The molecule has 0 spiro atoms. The summed E-state index contributed by atoms with van der Waals surface area (Å²) in [5.74, 6) is -0.346. The first-order chi connectivity index (χ1) is 5.65. The van der Waals surface area contributed by atoms with Crippen LogP contribution in [-0.2, 0) is 0 Å². The van der Waals surface area contributed by atoms with Crippen LogP contribution in [0.2, 0.25) is 0 Å². The van der Waals surface area contributed by atoms with Gasteiger partial charge in [0.05, 0.1) is 11.3 Å². The Morgan fingerprint density at radius 1 is 1.58 bits per heavy atom. The van der Waals surface area contributed by atoms with E-state index < -0.39 is 5.82 Å². The minimum atomic E-state index is -0.399. The summed E-state index contributed by atoms with van der Waals surface area (Å²) in [5.41, 5.74) is 0.672. The third kappa shape index (κ3) is 1.59. The van der Waals surface area contributed by atoms with Gasteiger partial charge >= 0.3 is 0 Å². The van der Waals surface area contributed by atoms with Crippen LogP contribution in [0.15, 0.2) is 12.3 Å². The molecule has 1 aromatic heterocycles. The van der Waals surface area contributed by atoms with Crippen molar-refractivity contribution in [1.29, 1.82) is 5.26 Å². The maximum absolute atomic E-state index is 13.1. The monoisotopic (exact) mass is 164 g/mol. The zero-order chi connectivity index (χ0) is 9.14. The quantitative estimate of drug-likeness (QED) is 0.638. The van der Waals surface area contributed by atoms with Crippen LogP contribution in [0.3, 0.4) is 0 Å². The van der Waals surface area contributed by atoms with Gasteiger partial charge in [-0.3, -0.25) is 4.98 Å². The molecular formula is C9H9FN2. The lowest BCUT2D eigenvalue weighted by Gasteiger charge is -2.04. The van der Waals surface area contributed by atoms with Crippen molar-refractivity contribution in [2.45, 2.75) is 19.8 Å². The van der Waals surface area contributed by atoms with Gasteiger partial charge in [-0.1, -0.05) is 13.8 Å². The van der Waals surface area contributed by atoms with Gasteiger partial charge in [-0.15, -0.1) is 0 Å². The highest BCUT2D eigenvalue weighted by Gasteiger charge is 2.08. The lowest BCUT2D eigenvalue weighted by molar-refractivity contribution is 0.584. The lowest BCUT2D eigenvalue weighted by atomic mass is 10.1. The van der Waals surface area contributed by atoms with Crippen molar-refractivity contribution in [2.75, 3.05) is 0 Å². The van der Waals surface area contributed by atoms with Crippen molar-refractivity contribution < 1.29 is 4.39 Å². The minimum Gasteiger partial charge on any atom is -0.257 e. The Morgan fingerprint density at radius 3 is 2.67 bits per heavy atom. The average molecular weight is 164 g/mol. The van der Waals surface area contributed by atoms with Crippen molar-refractivity contribution >= 4 is 0 Å². The molecule has 0 radical (unpaired) electrons. The van der Waals surface area contributed by atoms with E-state index in [1.807, 2.05) is 19.9 Å². The number of rotatable bonds is 1. The Hall–Kier alpha value is -1.43. The van der Waals surface area contributed by atoms with Crippen LogP contribution in [-0.4, -0.2) is 4.98 Å². The SMILES string of the molecule is CC(C)c1ncc(C#N)cc1F. The second kappa shape index (κ2) is 3.31. The zero-order valence-electron chi connectivity index (χ0n) is 7.00. The molecule has 0 bridgehead atoms. The van der Waals surface area contributed by atoms with Crippen LogP contribution in [0.25, 0.3) is 0 Å². The third-order valence-corrected chi connectivity index (χ3v) is 1.55. The van der Waals surface area contributed by atoms with Gasteiger partial charge in [-0.2, -0.15) is 5.26 Å². The van der Waals surface area contributed by atoms with E-state index in [-0.39, 0.29) is 11.5 Å². The fourth-order valence-electron chi connectivity index (χ4n) is 0.934. The maximum Gasteiger partial charge on any atom is 0.146 e. The largest absolute Gasteiger partial charge is 0.257 e. The van der Waals surface area contributed by atoms with Crippen LogP contribution in [0.5, 0.6) is 0 Å². The minimum absolute atomic E-state index is 0.0535. The van der Waals surface area contributed by atoms with Crippen LogP contribution >= 0.6 is 0 Å². The highest BCUT2D eigenvalue weighted by atomic mass is 19.1. The zero-order valence-corrected chi connectivity index (χ0v) is 7.00. The summed E-state index contributed by atoms with van der Waals surface area (Å²) < 4.78 is 13.1. The number of hydrogen-bond acceptors (Lipinski definition) is 2. The van der Waals surface area contributed by atoms with E-state index in [2.05, 4.69) is 4.98 Å². The molecule has 0 amide bonds. The molecule has 62 valence electrons. The van der Waals surface area contributed by atoms with Gasteiger partial charge in [-0.05, 0) is 12.0 Å². The predicted molar refractivity (Wildman–Crippen MR) is 43.0 cm³/mol. The highest BCUT2D eigenvalue weighted by Crippen LogP contribution is 2.15. The van der Waals surface area contributed by atoms with Gasteiger partial charge in [0.15, 0.2) is 0 Å². The van der Waals surface area contributed by atoms with E-state index in [9.17, 15) is 4.39 Å². The Labute approximate surface area is 70.7 Å². The average Bonchev–Trinajstić information content (AvgIpc) is 2.03. The first-order valence-electron chi connectivity index (χ1n) is 3.70. The molecule has 0 aliphatic heterocycles. The molecule has 0 fully saturated rings. The topological polar surface area (TPSA) is 36.7 Å². The molecule has 1 aromatic rings. The summed E-state index contributed by atoms with van der Waals surface area (Å²) in [6.45, 7) is 3.72. The van der Waals surface area contributed by atoms with Crippen molar-refractivity contribution in [3.05, 3.63) is 29.3 Å². The molecule has 0 aliphatic rings. The molecule has 1 rings (SSSR count). The maximum atomic E-state index is 13.1. The molecule has 0 saturated heterocycles. The Morgan fingerprint density at radius 2 is 2.25 bits per heavy atom. The van der Waals surface area contributed by atoms with E-state index in [0.717, 1.165) is 0 Å². The van der Waals surface area contributed by atoms with Gasteiger partial charge in [0.1, 0.15) is 11.9 Å². The summed E-state index contributed by atoms with van der Waals surface area (Å²) in [6.07, 6.45) is 1.39.